The Bertz CT molecular complexity index is 1420. The molecule has 1 amide bonds. The van der Waals surface area contributed by atoms with Crippen LogP contribution in [0.15, 0.2) is 78.9 Å². The van der Waals surface area contributed by atoms with Crippen LogP contribution in [0.5, 0.6) is 0 Å². The molecule has 1 aliphatic rings. The summed E-state index contributed by atoms with van der Waals surface area (Å²) in [5, 5.41) is 0. The maximum absolute atomic E-state index is 13.9. The minimum absolute atomic E-state index is 0.0827. The molecule has 1 atom stereocenters. The van der Waals surface area contributed by atoms with Crippen LogP contribution in [0, 0.1) is 0 Å². The Morgan fingerprint density at radius 1 is 0.891 bits per heavy atom. The summed E-state index contributed by atoms with van der Waals surface area (Å²) in [5.74, 6) is -0.258. The summed E-state index contributed by atoms with van der Waals surface area (Å²) in [6.07, 6.45) is 0.154. The van der Waals surface area contributed by atoms with Gasteiger partial charge in [-0.3, -0.25) is 9.59 Å². The summed E-state index contributed by atoms with van der Waals surface area (Å²) in [6.45, 7) is 11.1. The Morgan fingerprint density at radius 2 is 1.52 bits per heavy atom. The fourth-order valence-electron chi connectivity index (χ4n) is 6.79. The average Bonchev–Trinajstić information content (AvgIpc) is 3.05. The Labute approximate surface area is 271 Å². The molecule has 0 aliphatic carbocycles. The first kappa shape index (κ1) is 35.2. The van der Waals surface area contributed by atoms with Crippen molar-refractivity contribution < 1.29 is 27.5 Å². The number of likely N-dealkylation sites (tertiary alicyclic amines) is 1. The summed E-state index contributed by atoms with van der Waals surface area (Å²) < 4.78 is 44.9. The summed E-state index contributed by atoms with van der Waals surface area (Å²) in [7, 11) is 0. The van der Waals surface area contributed by atoms with Gasteiger partial charge in [-0.25, -0.2) is 0 Å². The number of nitrogens with zero attached hydrogens (tertiary/aromatic N) is 2. The second-order valence-corrected chi connectivity index (χ2v) is 12.6. The van der Waals surface area contributed by atoms with Crippen molar-refractivity contribution in [3.05, 3.63) is 95.6 Å². The molecular formula is C38H47F3N2O3. The zero-order chi connectivity index (χ0) is 33.3. The second kappa shape index (κ2) is 15.8. The van der Waals surface area contributed by atoms with E-state index in [2.05, 4.69) is 24.0 Å². The van der Waals surface area contributed by atoms with Gasteiger partial charge in [0.1, 0.15) is 0 Å². The van der Waals surface area contributed by atoms with Crippen LogP contribution < -0.4 is 0 Å². The molecule has 3 aromatic rings. The van der Waals surface area contributed by atoms with Crippen molar-refractivity contribution in [2.45, 2.75) is 90.0 Å². The zero-order valence-corrected chi connectivity index (χ0v) is 27.5. The average molecular weight is 637 g/mol. The van der Waals surface area contributed by atoms with Gasteiger partial charge >= 0.3 is 12.1 Å². The third kappa shape index (κ3) is 8.78. The molecule has 0 radical (unpaired) electrons. The molecule has 0 saturated carbocycles. The molecule has 8 heteroatoms. The van der Waals surface area contributed by atoms with E-state index in [1.807, 2.05) is 43.9 Å². The van der Waals surface area contributed by atoms with Crippen LogP contribution in [0.2, 0.25) is 0 Å². The number of halogens is 3. The first-order chi connectivity index (χ1) is 22.0. The number of carbonyl (C=O) groups excluding carboxylic acids is 2. The Hall–Kier alpha value is -3.65. The van der Waals surface area contributed by atoms with E-state index in [1.54, 1.807) is 24.3 Å². The van der Waals surface area contributed by atoms with E-state index in [4.69, 9.17) is 4.74 Å². The summed E-state index contributed by atoms with van der Waals surface area (Å²) in [4.78, 5) is 31.0. The number of benzene rings is 3. The first-order valence-electron chi connectivity index (χ1n) is 16.5. The third-order valence-corrected chi connectivity index (χ3v) is 9.32. The molecular weight excluding hydrogens is 589 g/mol. The van der Waals surface area contributed by atoms with Crippen molar-refractivity contribution in [3.8, 4) is 11.1 Å². The Kier molecular flexibility index (Phi) is 12.1. The molecule has 4 rings (SSSR count). The number of rotatable bonds is 13. The topological polar surface area (TPSA) is 49.9 Å². The molecule has 1 unspecified atom stereocenters. The van der Waals surface area contributed by atoms with E-state index >= 15 is 0 Å². The fraction of sp³-hybridized carbons (Fsp3) is 0.474. The lowest BCUT2D eigenvalue weighted by Crippen LogP contribution is -2.47. The lowest BCUT2D eigenvalue weighted by Gasteiger charge is -2.39. The highest BCUT2D eigenvalue weighted by Crippen LogP contribution is 2.38. The van der Waals surface area contributed by atoms with Gasteiger partial charge in [-0.15, -0.1) is 0 Å². The molecule has 0 N–H and O–H groups in total. The molecule has 46 heavy (non-hydrogen) atoms. The number of esters is 1. The molecule has 0 spiro atoms. The van der Waals surface area contributed by atoms with E-state index in [0.29, 0.717) is 29.7 Å². The van der Waals surface area contributed by atoms with Gasteiger partial charge in [-0.1, -0.05) is 67.6 Å². The highest BCUT2D eigenvalue weighted by atomic mass is 19.4. The van der Waals surface area contributed by atoms with Crippen molar-refractivity contribution >= 4 is 11.9 Å². The summed E-state index contributed by atoms with van der Waals surface area (Å²) >= 11 is 0. The lowest BCUT2D eigenvalue weighted by atomic mass is 9.72. The van der Waals surface area contributed by atoms with E-state index in [1.165, 1.54) is 17.7 Å². The number of alkyl halides is 3. The highest BCUT2D eigenvalue weighted by molar-refractivity contribution is 6.01. The minimum atomic E-state index is -4.41. The predicted molar refractivity (Wildman–Crippen MR) is 177 cm³/mol. The van der Waals surface area contributed by atoms with Crippen molar-refractivity contribution in [2.75, 3.05) is 26.2 Å². The van der Waals surface area contributed by atoms with Crippen molar-refractivity contribution in [1.29, 1.82) is 0 Å². The van der Waals surface area contributed by atoms with Crippen LogP contribution in [0.3, 0.4) is 0 Å². The van der Waals surface area contributed by atoms with Gasteiger partial charge in [0, 0.05) is 36.7 Å². The van der Waals surface area contributed by atoms with E-state index in [0.717, 1.165) is 63.9 Å². The third-order valence-electron chi connectivity index (χ3n) is 9.32. The molecule has 0 aromatic heterocycles. The molecule has 1 heterocycles. The maximum Gasteiger partial charge on any atom is 0.416 e. The summed E-state index contributed by atoms with van der Waals surface area (Å²) in [6, 6.07) is 22.5. The minimum Gasteiger partial charge on any atom is -0.463 e. The normalized spacial score (nSPS) is 15.8. The fourth-order valence-corrected chi connectivity index (χ4v) is 6.79. The van der Waals surface area contributed by atoms with Crippen molar-refractivity contribution in [3.63, 3.8) is 0 Å². The predicted octanol–water partition coefficient (Wildman–Crippen LogP) is 8.77. The van der Waals surface area contributed by atoms with Gasteiger partial charge in [-0.2, -0.15) is 13.2 Å². The van der Waals surface area contributed by atoms with Crippen LogP contribution in [-0.2, 0) is 21.1 Å². The quantitative estimate of drug-likeness (QED) is 0.176. The Balaban J connectivity index is 1.38. The highest BCUT2D eigenvalue weighted by Gasteiger charge is 2.35. The molecule has 1 aliphatic heterocycles. The van der Waals surface area contributed by atoms with E-state index < -0.39 is 11.7 Å². The number of hydrogen-bond acceptors (Lipinski definition) is 4. The van der Waals surface area contributed by atoms with Crippen LogP contribution in [-0.4, -0.2) is 60.0 Å². The number of hydrogen-bond donors (Lipinski definition) is 0. The van der Waals surface area contributed by atoms with Gasteiger partial charge in [-0.05, 0) is 94.3 Å². The van der Waals surface area contributed by atoms with Gasteiger partial charge in [0.05, 0.1) is 18.1 Å². The van der Waals surface area contributed by atoms with Gasteiger partial charge in [0.25, 0.3) is 5.91 Å². The smallest absolute Gasteiger partial charge is 0.416 e. The van der Waals surface area contributed by atoms with E-state index in [-0.39, 0.29) is 29.4 Å². The Morgan fingerprint density at radius 3 is 2.11 bits per heavy atom. The van der Waals surface area contributed by atoms with Crippen molar-refractivity contribution in [2.24, 2.45) is 0 Å². The summed E-state index contributed by atoms with van der Waals surface area (Å²) in [5.41, 5.74) is 1.89. The molecule has 248 valence electrons. The van der Waals surface area contributed by atoms with Crippen LogP contribution in [0.25, 0.3) is 11.1 Å². The SMILES string of the molecule is CCN(C(=O)c1ccccc1-c1ccc(C(F)(F)F)cc1)C1CCN(CCCC(CC)(CC(=O)OC(C)C)c2ccccc2)CC1. The number of carbonyl (C=O) groups is 2. The maximum atomic E-state index is 13.9. The van der Waals surface area contributed by atoms with Crippen LogP contribution in [0.1, 0.15) is 87.7 Å². The standard InChI is InChI=1S/C38H47F3N2O3/c1-5-37(27-35(44)46-28(3)4,30-13-8-7-9-14-30)23-12-24-42-25-21-32(22-26-42)43(6-2)36(45)34-16-11-10-15-33(34)29-17-19-31(20-18-29)38(39,40)41/h7-11,13-20,28,32H,5-6,12,21-27H2,1-4H3. The number of amides is 1. The molecule has 5 nitrogen and oxygen atoms in total. The number of ether oxygens (including phenoxy) is 1. The number of piperidine rings is 1. The first-order valence-corrected chi connectivity index (χ1v) is 16.5. The molecule has 0 bridgehead atoms. The van der Waals surface area contributed by atoms with Crippen LogP contribution >= 0.6 is 0 Å². The van der Waals surface area contributed by atoms with Gasteiger partial charge < -0.3 is 14.5 Å². The molecule has 1 saturated heterocycles. The second-order valence-electron chi connectivity index (χ2n) is 12.6. The molecule has 3 aromatic carbocycles. The zero-order valence-electron chi connectivity index (χ0n) is 27.5. The lowest BCUT2D eigenvalue weighted by molar-refractivity contribution is -0.149. The monoisotopic (exact) mass is 636 g/mol. The van der Waals surface area contributed by atoms with E-state index in [9.17, 15) is 22.8 Å². The van der Waals surface area contributed by atoms with Crippen molar-refractivity contribution in [1.82, 2.24) is 9.80 Å². The van der Waals surface area contributed by atoms with Gasteiger partial charge in [0.15, 0.2) is 0 Å². The molecule has 1 fully saturated rings. The largest absolute Gasteiger partial charge is 0.463 e. The van der Waals surface area contributed by atoms with Crippen LogP contribution in [0.4, 0.5) is 13.2 Å². The van der Waals surface area contributed by atoms with Gasteiger partial charge in [0.2, 0.25) is 0 Å².